The molecule has 3 N–H and O–H groups in total. The number of amidine groups is 1. The standard InChI is InChI=1S/C17H19ClN2O/c1-10(2)12-8-7-11(3)15(9-12)21-14-6-4-5-13(18)16(14)17(19)20/h4-10H,1-3H3,(H3,19,20). The van der Waals surface area contributed by atoms with Gasteiger partial charge in [-0.25, -0.2) is 0 Å². The molecule has 21 heavy (non-hydrogen) atoms. The minimum absolute atomic E-state index is 0.103. The minimum Gasteiger partial charge on any atom is -0.456 e. The number of hydrogen-bond acceptors (Lipinski definition) is 2. The van der Waals surface area contributed by atoms with Crippen molar-refractivity contribution in [3.05, 3.63) is 58.1 Å². The smallest absolute Gasteiger partial charge is 0.139 e. The van der Waals surface area contributed by atoms with Gasteiger partial charge >= 0.3 is 0 Å². The molecule has 0 atom stereocenters. The van der Waals surface area contributed by atoms with E-state index in [1.807, 2.05) is 19.1 Å². The number of rotatable bonds is 4. The first-order chi connectivity index (χ1) is 9.90. The average Bonchev–Trinajstić information content (AvgIpc) is 2.40. The van der Waals surface area contributed by atoms with Crippen LogP contribution >= 0.6 is 11.6 Å². The number of ether oxygens (including phenoxy) is 1. The van der Waals surface area contributed by atoms with E-state index in [1.165, 1.54) is 5.56 Å². The van der Waals surface area contributed by atoms with Gasteiger partial charge in [-0.05, 0) is 42.2 Å². The van der Waals surface area contributed by atoms with Crippen LogP contribution in [0.2, 0.25) is 5.02 Å². The predicted molar refractivity (Wildman–Crippen MR) is 87.8 cm³/mol. The van der Waals surface area contributed by atoms with Crippen molar-refractivity contribution in [1.82, 2.24) is 0 Å². The third-order valence-corrected chi connectivity index (χ3v) is 3.66. The molecule has 0 aliphatic heterocycles. The molecule has 2 rings (SSSR count). The molecule has 0 bridgehead atoms. The number of nitrogen functional groups attached to an aromatic ring is 1. The van der Waals surface area contributed by atoms with E-state index in [0.717, 1.165) is 11.3 Å². The highest BCUT2D eigenvalue weighted by Crippen LogP contribution is 2.33. The van der Waals surface area contributed by atoms with Gasteiger partial charge in [0.25, 0.3) is 0 Å². The number of aryl methyl sites for hydroxylation is 1. The zero-order chi connectivity index (χ0) is 15.6. The fourth-order valence-corrected chi connectivity index (χ4v) is 2.32. The summed E-state index contributed by atoms with van der Waals surface area (Å²) in [6, 6.07) is 11.4. The highest BCUT2D eigenvalue weighted by Gasteiger charge is 2.13. The molecule has 0 radical (unpaired) electrons. The molecule has 4 heteroatoms. The molecule has 0 fully saturated rings. The van der Waals surface area contributed by atoms with Crippen LogP contribution in [0.3, 0.4) is 0 Å². The summed E-state index contributed by atoms with van der Waals surface area (Å²) in [5, 5.41) is 8.07. The van der Waals surface area contributed by atoms with E-state index in [4.69, 9.17) is 27.5 Å². The van der Waals surface area contributed by atoms with E-state index in [-0.39, 0.29) is 5.84 Å². The normalized spacial score (nSPS) is 10.7. The Morgan fingerprint density at radius 3 is 2.52 bits per heavy atom. The molecule has 0 aromatic heterocycles. The molecule has 2 aromatic rings. The van der Waals surface area contributed by atoms with E-state index in [0.29, 0.717) is 22.3 Å². The first-order valence-electron chi connectivity index (χ1n) is 6.81. The Kier molecular flexibility index (Phi) is 4.53. The highest BCUT2D eigenvalue weighted by atomic mass is 35.5. The zero-order valence-electron chi connectivity index (χ0n) is 12.4. The van der Waals surface area contributed by atoms with Crippen LogP contribution in [-0.4, -0.2) is 5.84 Å². The number of nitrogens with one attached hydrogen (secondary N) is 1. The van der Waals surface area contributed by atoms with Gasteiger partial charge in [-0.2, -0.15) is 0 Å². The van der Waals surface area contributed by atoms with Crippen molar-refractivity contribution >= 4 is 17.4 Å². The molecule has 0 saturated heterocycles. The second-order valence-electron chi connectivity index (χ2n) is 5.31. The van der Waals surface area contributed by atoms with Crippen LogP contribution in [0.25, 0.3) is 0 Å². The molecule has 0 amide bonds. The third kappa shape index (κ3) is 3.37. The van der Waals surface area contributed by atoms with Crippen molar-refractivity contribution in [3.8, 4) is 11.5 Å². The summed E-state index contributed by atoms with van der Waals surface area (Å²) in [6.07, 6.45) is 0. The van der Waals surface area contributed by atoms with Gasteiger partial charge in [0.15, 0.2) is 0 Å². The molecule has 0 aliphatic rings. The van der Waals surface area contributed by atoms with Gasteiger partial charge in [0, 0.05) is 0 Å². The minimum atomic E-state index is -0.103. The fourth-order valence-electron chi connectivity index (χ4n) is 2.06. The topological polar surface area (TPSA) is 59.1 Å². The summed E-state index contributed by atoms with van der Waals surface area (Å²) in [5.74, 6) is 1.57. The van der Waals surface area contributed by atoms with Gasteiger partial charge in [-0.1, -0.05) is 43.6 Å². The second kappa shape index (κ2) is 6.19. The van der Waals surface area contributed by atoms with Gasteiger partial charge in [-0.3, -0.25) is 5.41 Å². The van der Waals surface area contributed by atoms with Crippen molar-refractivity contribution in [2.75, 3.05) is 0 Å². The van der Waals surface area contributed by atoms with Gasteiger partial charge in [0.1, 0.15) is 17.3 Å². The predicted octanol–water partition coefficient (Wildman–Crippen LogP) is 4.85. The van der Waals surface area contributed by atoms with Crippen molar-refractivity contribution in [3.63, 3.8) is 0 Å². The maximum Gasteiger partial charge on any atom is 0.139 e. The SMILES string of the molecule is Cc1ccc(C(C)C)cc1Oc1cccc(Cl)c1C(=N)N. The largest absolute Gasteiger partial charge is 0.456 e. The molecule has 0 unspecified atom stereocenters. The van der Waals surface area contributed by atoms with Crippen LogP contribution < -0.4 is 10.5 Å². The average molecular weight is 303 g/mol. The fraction of sp³-hybridized carbons (Fsp3) is 0.235. The molecular weight excluding hydrogens is 284 g/mol. The third-order valence-electron chi connectivity index (χ3n) is 3.34. The van der Waals surface area contributed by atoms with E-state index < -0.39 is 0 Å². The van der Waals surface area contributed by atoms with Gasteiger partial charge in [0.2, 0.25) is 0 Å². The van der Waals surface area contributed by atoms with Gasteiger partial charge in [-0.15, -0.1) is 0 Å². The second-order valence-corrected chi connectivity index (χ2v) is 5.72. The lowest BCUT2D eigenvalue weighted by atomic mass is 10.0. The highest BCUT2D eigenvalue weighted by molar-refractivity contribution is 6.34. The first kappa shape index (κ1) is 15.4. The first-order valence-corrected chi connectivity index (χ1v) is 7.19. The van der Waals surface area contributed by atoms with Gasteiger partial charge < -0.3 is 10.5 Å². The number of nitrogens with two attached hydrogens (primary N) is 1. The molecular formula is C17H19ClN2O. The Labute approximate surface area is 130 Å². The Morgan fingerprint density at radius 1 is 1.19 bits per heavy atom. The lowest BCUT2D eigenvalue weighted by Gasteiger charge is -2.15. The number of benzene rings is 2. The van der Waals surface area contributed by atoms with Crippen LogP contribution in [-0.2, 0) is 0 Å². The maximum absolute atomic E-state index is 7.66. The Hall–Kier alpha value is -2.00. The van der Waals surface area contributed by atoms with Crippen LogP contribution in [0, 0.1) is 12.3 Å². The van der Waals surface area contributed by atoms with Crippen molar-refractivity contribution < 1.29 is 4.74 Å². The van der Waals surface area contributed by atoms with E-state index in [9.17, 15) is 0 Å². The van der Waals surface area contributed by atoms with Crippen LogP contribution in [0.4, 0.5) is 0 Å². The quantitative estimate of drug-likeness (QED) is 0.626. The molecule has 3 nitrogen and oxygen atoms in total. The summed E-state index contributed by atoms with van der Waals surface area (Å²) in [4.78, 5) is 0. The maximum atomic E-state index is 7.66. The zero-order valence-corrected chi connectivity index (χ0v) is 13.2. The lowest BCUT2D eigenvalue weighted by molar-refractivity contribution is 0.476. The number of hydrogen-bond donors (Lipinski definition) is 2. The lowest BCUT2D eigenvalue weighted by Crippen LogP contribution is -2.13. The molecule has 110 valence electrons. The monoisotopic (exact) mass is 302 g/mol. The molecule has 0 aliphatic carbocycles. The Morgan fingerprint density at radius 2 is 1.90 bits per heavy atom. The van der Waals surface area contributed by atoms with Gasteiger partial charge in [0.05, 0.1) is 10.6 Å². The van der Waals surface area contributed by atoms with Crippen LogP contribution in [0.15, 0.2) is 36.4 Å². The molecule has 2 aromatic carbocycles. The van der Waals surface area contributed by atoms with E-state index in [1.54, 1.807) is 18.2 Å². The summed E-state index contributed by atoms with van der Waals surface area (Å²) >= 11 is 6.11. The molecule has 0 spiro atoms. The van der Waals surface area contributed by atoms with Crippen LogP contribution in [0.5, 0.6) is 11.5 Å². The van der Waals surface area contributed by atoms with E-state index >= 15 is 0 Å². The summed E-state index contributed by atoms with van der Waals surface area (Å²) in [6.45, 7) is 6.25. The van der Waals surface area contributed by atoms with Crippen molar-refractivity contribution in [2.24, 2.45) is 5.73 Å². The van der Waals surface area contributed by atoms with Crippen molar-refractivity contribution in [1.29, 1.82) is 5.41 Å². The summed E-state index contributed by atoms with van der Waals surface area (Å²) in [5.41, 5.74) is 8.25. The van der Waals surface area contributed by atoms with E-state index in [2.05, 4.69) is 19.9 Å². The molecule has 0 saturated carbocycles. The number of halogens is 1. The summed E-state index contributed by atoms with van der Waals surface area (Å²) < 4.78 is 5.97. The van der Waals surface area contributed by atoms with Crippen molar-refractivity contribution in [2.45, 2.75) is 26.7 Å². The molecule has 0 heterocycles. The Bertz CT molecular complexity index is 680. The van der Waals surface area contributed by atoms with Crippen LogP contribution in [0.1, 0.15) is 36.5 Å². The Balaban J connectivity index is 2.46. The summed E-state index contributed by atoms with van der Waals surface area (Å²) in [7, 11) is 0.